The van der Waals surface area contributed by atoms with Crippen LogP contribution in [-0.4, -0.2) is 0 Å². The van der Waals surface area contributed by atoms with Gasteiger partial charge in [0.2, 0.25) is 0 Å². The maximum atomic E-state index is 6.03. The second kappa shape index (κ2) is 19.2. The summed E-state index contributed by atoms with van der Waals surface area (Å²) in [6, 6.07) is 36.3. The molecule has 246 valence electrons. The van der Waals surface area contributed by atoms with Crippen LogP contribution in [0.25, 0.3) is 0 Å². The van der Waals surface area contributed by atoms with E-state index in [4.69, 9.17) is 11.5 Å². The van der Waals surface area contributed by atoms with Gasteiger partial charge in [-0.05, 0) is 76.9 Å². The first kappa shape index (κ1) is 35.3. The first-order valence-electron chi connectivity index (χ1n) is 18.4. The monoisotopic (exact) mass is 616 g/mol. The molecule has 0 spiro atoms. The lowest BCUT2D eigenvalue weighted by Crippen LogP contribution is -2.06. The molecule has 4 N–H and O–H groups in total. The van der Waals surface area contributed by atoms with Crippen LogP contribution >= 0.6 is 0 Å². The van der Waals surface area contributed by atoms with Gasteiger partial charge in [0.25, 0.3) is 0 Å². The van der Waals surface area contributed by atoms with Gasteiger partial charge in [0.05, 0.1) is 0 Å². The average molecular weight is 617 g/mol. The van der Waals surface area contributed by atoms with E-state index in [9.17, 15) is 0 Å². The summed E-state index contributed by atoms with van der Waals surface area (Å²) in [4.78, 5) is 0. The van der Waals surface area contributed by atoms with Gasteiger partial charge in [-0.2, -0.15) is 0 Å². The number of nitrogen functional groups attached to an aromatic ring is 2. The Labute approximate surface area is 281 Å². The minimum atomic E-state index is 0.406. The average Bonchev–Trinajstić information content (AvgIpc) is 3.08. The Morgan fingerprint density at radius 2 is 0.565 bits per heavy atom. The van der Waals surface area contributed by atoms with Gasteiger partial charge in [0.1, 0.15) is 0 Å². The molecule has 0 saturated heterocycles. The molecule has 2 unspecified atom stereocenters. The zero-order chi connectivity index (χ0) is 32.6. The molecule has 0 radical (unpaired) electrons. The highest BCUT2D eigenvalue weighted by Crippen LogP contribution is 2.36. The molecule has 0 bridgehead atoms. The molecule has 4 rings (SSSR count). The van der Waals surface area contributed by atoms with Crippen LogP contribution in [0, 0.1) is 0 Å². The van der Waals surface area contributed by atoms with Crippen molar-refractivity contribution >= 4 is 11.4 Å². The normalized spacial score (nSPS) is 13.4. The molecule has 0 fully saturated rings. The quantitative estimate of drug-likeness (QED) is 0.0766. The number of unbranched alkanes of at least 4 members (excludes halogenated alkanes) is 8. The van der Waals surface area contributed by atoms with Crippen molar-refractivity contribution in [1.82, 2.24) is 0 Å². The third-order valence-electron chi connectivity index (χ3n) is 9.95. The number of hydrogen-bond acceptors (Lipinski definition) is 2. The highest BCUT2D eigenvalue weighted by molar-refractivity contribution is 5.45. The Bertz CT molecular complexity index is 1270. The molecule has 2 heteroatoms. The van der Waals surface area contributed by atoms with E-state index >= 15 is 0 Å². The van der Waals surface area contributed by atoms with Crippen molar-refractivity contribution in [3.63, 3.8) is 0 Å². The van der Waals surface area contributed by atoms with Crippen LogP contribution in [0.1, 0.15) is 162 Å². The lowest BCUT2D eigenvalue weighted by molar-refractivity contribution is 0.558. The number of benzene rings is 4. The molecule has 0 saturated carbocycles. The van der Waals surface area contributed by atoms with E-state index in [0.717, 1.165) is 24.2 Å². The minimum Gasteiger partial charge on any atom is -0.399 e. The molecule has 2 nitrogen and oxygen atoms in total. The first-order chi connectivity index (χ1) is 22.5. The highest BCUT2D eigenvalue weighted by atomic mass is 14.5. The number of anilines is 2. The molecule has 4 aromatic rings. The molecule has 4 aromatic carbocycles. The lowest BCUT2D eigenvalue weighted by Gasteiger charge is -2.23. The molecule has 0 amide bonds. The molecule has 0 aromatic heterocycles. The van der Waals surface area contributed by atoms with Crippen molar-refractivity contribution in [2.24, 2.45) is 0 Å². The van der Waals surface area contributed by atoms with Crippen LogP contribution in [0.15, 0.2) is 97.1 Å². The fraction of sp³-hybridized carbons (Fsp3) is 0.455. The van der Waals surface area contributed by atoms with E-state index in [1.54, 1.807) is 0 Å². The molecule has 2 atom stereocenters. The SMILES string of the molecule is CCCCCCCCCC(c1ccc(C(CCCC)c2ccc(N)cc2)cc1)c1ccc(C(CCCC)c2ccc(N)cc2)cc1. The third kappa shape index (κ3) is 10.5. The number of rotatable bonds is 20. The summed E-state index contributed by atoms with van der Waals surface area (Å²) in [5.41, 5.74) is 22.2. The molecular formula is C44H60N2. The van der Waals surface area contributed by atoms with Gasteiger partial charge in [-0.15, -0.1) is 0 Å². The zero-order valence-corrected chi connectivity index (χ0v) is 29.0. The Kier molecular flexibility index (Phi) is 14.8. The predicted molar refractivity (Wildman–Crippen MR) is 202 cm³/mol. The van der Waals surface area contributed by atoms with Crippen molar-refractivity contribution < 1.29 is 0 Å². The minimum absolute atomic E-state index is 0.406. The van der Waals surface area contributed by atoms with Crippen LogP contribution in [0.4, 0.5) is 11.4 Å². The Hall–Kier alpha value is -3.52. The molecule has 46 heavy (non-hydrogen) atoms. The van der Waals surface area contributed by atoms with Gasteiger partial charge < -0.3 is 11.5 Å². The smallest absolute Gasteiger partial charge is 0.0314 e. The number of hydrogen-bond donors (Lipinski definition) is 2. The second-order valence-corrected chi connectivity index (χ2v) is 13.5. The Balaban J connectivity index is 1.58. The maximum Gasteiger partial charge on any atom is 0.0314 e. The summed E-state index contributed by atoms with van der Waals surface area (Å²) < 4.78 is 0. The van der Waals surface area contributed by atoms with Crippen molar-refractivity contribution in [2.75, 3.05) is 11.5 Å². The summed E-state index contributed by atoms with van der Waals surface area (Å²) in [6.45, 7) is 6.86. The summed E-state index contributed by atoms with van der Waals surface area (Å²) >= 11 is 0. The number of nitrogens with two attached hydrogens (primary N) is 2. The van der Waals surface area contributed by atoms with Crippen LogP contribution < -0.4 is 11.5 Å². The van der Waals surface area contributed by atoms with E-state index in [1.807, 2.05) is 24.3 Å². The molecule has 0 heterocycles. The first-order valence-corrected chi connectivity index (χ1v) is 18.4. The van der Waals surface area contributed by atoms with Crippen molar-refractivity contribution in [3.8, 4) is 0 Å². The van der Waals surface area contributed by atoms with E-state index < -0.39 is 0 Å². The summed E-state index contributed by atoms with van der Waals surface area (Å²) in [6.07, 6.45) is 17.8. The van der Waals surface area contributed by atoms with Crippen LogP contribution in [0.2, 0.25) is 0 Å². The molecule has 0 aliphatic rings. The summed E-state index contributed by atoms with van der Waals surface area (Å²) in [5, 5.41) is 0. The molecular weight excluding hydrogens is 556 g/mol. The van der Waals surface area contributed by atoms with E-state index in [1.165, 1.54) is 110 Å². The second-order valence-electron chi connectivity index (χ2n) is 13.5. The molecule has 0 aliphatic carbocycles. The zero-order valence-electron chi connectivity index (χ0n) is 29.0. The third-order valence-corrected chi connectivity index (χ3v) is 9.95. The van der Waals surface area contributed by atoms with Crippen LogP contribution in [0.3, 0.4) is 0 Å². The van der Waals surface area contributed by atoms with Crippen molar-refractivity contribution in [2.45, 2.75) is 128 Å². The maximum absolute atomic E-state index is 6.03. The molecule has 0 aliphatic heterocycles. The summed E-state index contributed by atoms with van der Waals surface area (Å²) in [5.74, 6) is 1.22. The summed E-state index contributed by atoms with van der Waals surface area (Å²) in [7, 11) is 0. The van der Waals surface area contributed by atoms with Gasteiger partial charge in [0.15, 0.2) is 0 Å². The lowest BCUT2D eigenvalue weighted by atomic mass is 9.82. The van der Waals surface area contributed by atoms with E-state index in [-0.39, 0.29) is 0 Å². The Morgan fingerprint density at radius 3 is 0.870 bits per heavy atom. The fourth-order valence-electron chi connectivity index (χ4n) is 7.08. The van der Waals surface area contributed by atoms with Gasteiger partial charge in [-0.3, -0.25) is 0 Å². The predicted octanol–water partition coefficient (Wildman–Crippen LogP) is 12.8. The van der Waals surface area contributed by atoms with Gasteiger partial charge >= 0.3 is 0 Å². The highest BCUT2D eigenvalue weighted by Gasteiger charge is 2.19. The van der Waals surface area contributed by atoms with E-state index in [2.05, 4.69) is 93.6 Å². The standard InChI is InChI=1S/C44H60N2/c1-4-7-10-11-12-13-14-17-44(36-22-18-34(19-23-36)42(15-8-5-2)38-26-30-40(45)31-27-38)37-24-20-35(21-25-37)43(16-9-6-3)39-28-32-41(46)33-29-39/h18-33,42-44H,4-17,45-46H2,1-3H3. The largest absolute Gasteiger partial charge is 0.399 e. The van der Waals surface area contributed by atoms with Gasteiger partial charge in [-0.25, -0.2) is 0 Å². The van der Waals surface area contributed by atoms with E-state index in [0.29, 0.717) is 17.8 Å². The van der Waals surface area contributed by atoms with Crippen LogP contribution in [-0.2, 0) is 0 Å². The van der Waals surface area contributed by atoms with Crippen molar-refractivity contribution in [3.05, 3.63) is 130 Å². The van der Waals surface area contributed by atoms with Gasteiger partial charge in [-0.1, -0.05) is 164 Å². The fourth-order valence-corrected chi connectivity index (χ4v) is 7.08. The van der Waals surface area contributed by atoms with Crippen LogP contribution in [0.5, 0.6) is 0 Å². The Morgan fingerprint density at radius 1 is 0.326 bits per heavy atom. The van der Waals surface area contributed by atoms with Crippen molar-refractivity contribution in [1.29, 1.82) is 0 Å². The van der Waals surface area contributed by atoms with Gasteiger partial charge in [0, 0.05) is 29.1 Å². The topological polar surface area (TPSA) is 52.0 Å².